The molecule has 1 atom stereocenters. The van der Waals surface area contributed by atoms with E-state index in [-0.39, 0.29) is 6.61 Å². The quantitative estimate of drug-likeness (QED) is 0.617. The number of hydrogen-bond acceptors (Lipinski definition) is 6. The van der Waals surface area contributed by atoms with Gasteiger partial charge < -0.3 is 14.7 Å². The number of aryl methyl sites for hydroxylation is 1. The molecule has 0 bridgehead atoms. The zero-order chi connectivity index (χ0) is 19.8. The molecule has 0 radical (unpaired) electrons. The van der Waals surface area contributed by atoms with E-state index in [2.05, 4.69) is 21.9 Å². The van der Waals surface area contributed by atoms with E-state index in [0.717, 1.165) is 29.1 Å². The molecule has 0 fully saturated rings. The topological polar surface area (TPSA) is 71.4 Å². The summed E-state index contributed by atoms with van der Waals surface area (Å²) >= 11 is 0. The molecule has 1 unspecified atom stereocenters. The molecule has 2 heterocycles. The van der Waals surface area contributed by atoms with Crippen molar-refractivity contribution in [2.24, 2.45) is 0 Å². The highest BCUT2D eigenvalue weighted by atomic mass is 16.5. The van der Waals surface area contributed by atoms with Crippen molar-refractivity contribution in [1.82, 2.24) is 15.0 Å². The fourth-order valence-corrected chi connectivity index (χ4v) is 2.84. The lowest BCUT2D eigenvalue weighted by molar-refractivity contribution is 0.0324. The van der Waals surface area contributed by atoms with Gasteiger partial charge in [-0.2, -0.15) is 0 Å². The first kappa shape index (κ1) is 19.9. The zero-order valence-corrected chi connectivity index (χ0v) is 16.3. The highest BCUT2D eigenvalue weighted by molar-refractivity contribution is 5.57. The van der Waals surface area contributed by atoms with E-state index >= 15 is 0 Å². The Labute approximate surface area is 165 Å². The van der Waals surface area contributed by atoms with Gasteiger partial charge in [0.25, 0.3) is 0 Å². The van der Waals surface area contributed by atoms with Crippen LogP contribution in [0.5, 0.6) is 0 Å². The molecule has 3 aromatic rings. The van der Waals surface area contributed by atoms with Crippen LogP contribution in [0.4, 0.5) is 5.82 Å². The highest BCUT2D eigenvalue weighted by Crippen LogP contribution is 2.19. The smallest absolute Gasteiger partial charge is 0.161 e. The predicted molar refractivity (Wildman–Crippen MR) is 110 cm³/mol. The van der Waals surface area contributed by atoms with Crippen molar-refractivity contribution in [2.75, 3.05) is 25.1 Å². The summed E-state index contributed by atoms with van der Waals surface area (Å²) in [5.41, 5.74) is 2.97. The summed E-state index contributed by atoms with van der Waals surface area (Å²) in [4.78, 5) is 15.3. The summed E-state index contributed by atoms with van der Waals surface area (Å²) in [6.07, 6.45) is 3.66. The van der Waals surface area contributed by atoms with Crippen LogP contribution in [0, 0.1) is 0 Å². The summed E-state index contributed by atoms with van der Waals surface area (Å²) in [6, 6.07) is 15.7. The summed E-state index contributed by atoms with van der Waals surface area (Å²) in [6.45, 7) is 3.24. The summed E-state index contributed by atoms with van der Waals surface area (Å²) in [5, 5.41) is 10.4. The molecular weight excluding hydrogens is 352 g/mol. The lowest BCUT2D eigenvalue weighted by Gasteiger charge is -2.22. The Hall–Kier alpha value is -2.83. The van der Waals surface area contributed by atoms with Crippen LogP contribution in [0.25, 0.3) is 11.4 Å². The van der Waals surface area contributed by atoms with E-state index in [1.807, 2.05) is 60.5 Å². The van der Waals surface area contributed by atoms with Gasteiger partial charge in [0, 0.05) is 43.3 Å². The van der Waals surface area contributed by atoms with Gasteiger partial charge in [-0.05, 0) is 24.1 Å². The van der Waals surface area contributed by atoms with Crippen LogP contribution >= 0.6 is 0 Å². The second-order valence-electron chi connectivity index (χ2n) is 6.67. The summed E-state index contributed by atoms with van der Waals surface area (Å²) in [5.74, 6) is 1.44. The maximum atomic E-state index is 10.4. The fourth-order valence-electron chi connectivity index (χ4n) is 2.84. The second-order valence-corrected chi connectivity index (χ2v) is 6.67. The monoisotopic (exact) mass is 378 g/mol. The number of rotatable bonds is 9. The van der Waals surface area contributed by atoms with Gasteiger partial charge in [-0.3, -0.25) is 4.98 Å². The van der Waals surface area contributed by atoms with Crippen LogP contribution in [0.2, 0.25) is 0 Å². The number of hydrogen-bond donors (Lipinski definition) is 1. The molecule has 6 heteroatoms. The Morgan fingerprint density at radius 1 is 1.07 bits per heavy atom. The maximum Gasteiger partial charge on any atom is 0.161 e. The van der Waals surface area contributed by atoms with Gasteiger partial charge in [0.1, 0.15) is 5.82 Å². The van der Waals surface area contributed by atoms with Gasteiger partial charge in [-0.25, -0.2) is 9.97 Å². The number of aromatic nitrogens is 3. The molecule has 1 aromatic carbocycles. The van der Waals surface area contributed by atoms with E-state index in [1.54, 1.807) is 12.4 Å². The van der Waals surface area contributed by atoms with Gasteiger partial charge in [-0.1, -0.05) is 37.3 Å². The first-order valence-electron chi connectivity index (χ1n) is 9.45. The molecule has 3 rings (SSSR count). The molecule has 0 saturated carbocycles. The van der Waals surface area contributed by atoms with E-state index in [0.29, 0.717) is 19.0 Å². The first-order chi connectivity index (χ1) is 13.7. The maximum absolute atomic E-state index is 10.4. The Balaban J connectivity index is 1.62. The SMILES string of the molecule is CCc1cc(N(C)CC(O)COCc2ccccc2)nc(-c2ccncc2)n1. The highest BCUT2D eigenvalue weighted by Gasteiger charge is 2.13. The van der Waals surface area contributed by atoms with Crippen molar-refractivity contribution in [3.63, 3.8) is 0 Å². The van der Waals surface area contributed by atoms with Crippen molar-refractivity contribution in [2.45, 2.75) is 26.1 Å². The summed E-state index contributed by atoms with van der Waals surface area (Å²) < 4.78 is 5.64. The van der Waals surface area contributed by atoms with Crippen LogP contribution in [-0.2, 0) is 17.8 Å². The Morgan fingerprint density at radius 3 is 2.54 bits per heavy atom. The Kier molecular flexibility index (Phi) is 7.06. The third-order valence-corrected chi connectivity index (χ3v) is 4.36. The standard InChI is InChI=1S/C22H26N4O2/c1-3-19-13-21(25-22(24-19)18-9-11-23-12-10-18)26(2)14-20(27)16-28-15-17-7-5-4-6-8-17/h4-13,20,27H,3,14-16H2,1-2H3. The van der Waals surface area contributed by atoms with Crippen LogP contribution in [0.1, 0.15) is 18.2 Å². The third-order valence-electron chi connectivity index (χ3n) is 4.36. The van der Waals surface area contributed by atoms with Crippen molar-refractivity contribution in [3.8, 4) is 11.4 Å². The van der Waals surface area contributed by atoms with E-state index in [4.69, 9.17) is 4.74 Å². The van der Waals surface area contributed by atoms with Crippen LogP contribution in [0.3, 0.4) is 0 Å². The molecule has 0 aliphatic heterocycles. The molecule has 0 spiro atoms. The number of pyridine rings is 1. The predicted octanol–water partition coefficient (Wildman–Crippen LogP) is 3.11. The lowest BCUT2D eigenvalue weighted by Crippen LogP contribution is -2.32. The molecule has 2 aromatic heterocycles. The molecule has 0 saturated heterocycles. The summed E-state index contributed by atoms with van der Waals surface area (Å²) in [7, 11) is 1.92. The molecule has 6 nitrogen and oxygen atoms in total. The molecule has 0 aliphatic carbocycles. The lowest BCUT2D eigenvalue weighted by atomic mass is 10.2. The van der Waals surface area contributed by atoms with Crippen LogP contribution < -0.4 is 4.90 Å². The number of ether oxygens (including phenoxy) is 1. The first-order valence-corrected chi connectivity index (χ1v) is 9.45. The second kappa shape index (κ2) is 9.92. The number of benzene rings is 1. The van der Waals surface area contributed by atoms with Gasteiger partial charge in [0.05, 0.1) is 19.3 Å². The van der Waals surface area contributed by atoms with Crippen molar-refractivity contribution in [1.29, 1.82) is 0 Å². The number of aliphatic hydroxyl groups excluding tert-OH is 1. The molecule has 0 amide bonds. The average molecular weight is 378 g/mol. The van der Waals surface area contributed by atoms with Crippen molar-refractivity contribution >= 4 is 5.82 Å². The van der Waals surface area contributed by atoms with Crippen LogP contribution in [0.15, 0.2) is 60.9 Å². The van der Waals surface area contributed by atoms with E-state index < -0.39 is 6.10 Å². The molecule has 1 N–H and O–H groups in total. The number of aliphatic hydroxyl groups is 1. The minimum absolute atomic E-state index is 0.266. The van der Waals surface area contributed by atoms with Gasteiger partial charge in [0.2, 0.25) is 0 Å². The third kappa shape index (κ3) is 5.58. The largest absolute Gasteiger partial charge is 0.389 e. The average Bonchev–Trinajstić information content (AvgIpc) is 2.74. The minimum Gasteiger partial charge on any atom is -0.389 e. The van der Waals surface area contributed by atoms with E-state index in [1.165, 1.54) is 0 Å². The van der Waals surface area contributed by atoms with Crippen molar-refractivity contribution < 1.29 is 9.84 Å². The molecular formula is C22H26N4O2. The van der Waals surface area contributed by atoms with Crippen molar-refractivity contribution in [3.05, 3.63) is 72.2 Å². The number of anilines is 1. The molecule has 146 valence electrons. The number of nitrogens with zero attached hydrogens (tertiary/aromatic N) is 4. The Bertz CT molecular complexity index is 859. The zero-order valence-electron chi connectivity index (χ0n) is 16.3. The minimum atomic E-state index is -0.613. The van der Waals surface area contributed by atoms with Crippen LogP contribution in [-0.4, -0.2) is 46.4 Å². The normalized spacial score (nSPS) is 12.0. The molecule has 28 heavy (non-hydrogen) atoms. The molecule has 0 aliphatic rings. The Morgan fingerprint density at radius 2 is 1.82 bits per heavy atom. The van der Waals surface area contributed by atoms with Gasteiger partial charge in [-0.15, -0.1) is 0 Å². The van der Waals surface area contributed by atoms with Gasteiger partial charge >= 0.3 is 0 Å². The number of likely N-dealkylation sites (N-methyl/N-ethyl adjacent to an activating group) is 1. The van der Waals surface area contributed by atoms with E-state index in [9.17, 15) is 5.11 Å². The van der Waals surface area contributed by atoms with Gasteiger partial charge in [0.15, 0.2) is 5.82 Å². The fraction of sp³-hybridized carbons (Fsp3) is 0.318.